The second-order valence-corrected chi connectivity index (χ2v) is 2.78. The molecule has 1 rings (SSSR count). The summed E-state index contributed by atoms with van der Waals surface area (Å²) in [4.78, 5) is 0. The summed E-state index contributed by atoms with van der Waals surface area (Å²) in [5.41, 5.74) is 0. The summed E-state index contributed by atoms with van der Waals surface area (Å²) in [7, 11) is 1.68. The van der Waals surface area contributed by atoms with Crippen molar-refractivity contribution in [1.29, 1.82) is 0 Å². The molecule has 0 spiro atoms. The minimum Gasteiger partial charge on any atom is -0.393 e. The van der Waals surface area contributed by atoms with Gasteiger partial charge in [-0.3, -0.25) is 0 Å². The molecular formula is C7H15NO2. The number of nitrogens with one attached hydrogen (secondary N) is 1. The Morgan fingerprint density at radius 3 is 3.10 bits per heavy atom. The zero-order chi connectivity index (χ0) is 7.40. The van der Waals surface area contributed by atoms with Crippen LogP contribution < -0.4 is 5.32 Å². The Balaban J connectivity index is 2.18. The van der Waals surface area contributed by atoms with Gasteiger partial charge in [-0.2, -0.15) is 0 Å². The van der Waals surface area contributed by atoms with E-state index in [1.807, 2.05) is 0 Å². The molecule has 2 atom stereocenters. The number of rotatable bonds is 2. The average Bonchev–Trinajstić information content (AvgIpc) is 1.88. The van der Waals surface area contributed by atoms with Gasteiger partial charge in [-0.05, 0) is 19.4 Å². The summed E-state index contributed by atoms with van der Waals surface area (Å²) < 4.78 is 4.96. The molecule has 0 aliphatic carbocycles. The molecule has 1 heterocycles. The molecule has 60 valence electrons. The molecule has 3 heteroatoms. The first-order valence-electron chi connectivity index (χ1n) is 3.73. The largest absolute Gasteiger partial charge is 0.393 e. The number of piperidine rings is 1. The molecule has 0 saturated carbocycles. The Morgan fingerprint density at radius 1 is 1.70 bits per heavy atom. The fraction of sp³-hybridized carbons (Fsp3) is 1.00. The lowest BCUT2D eigenvalue weighted by atomic mass is 10.0. The standard InChI is InChI=1S/C7H15NO2/c1-10-5-6-4-7(9)2-3-8-6/h6-9H,2-5H2,1H3. The lowest BCUT2D eigenvalue weighted by Gasteiger charge is -2.26. The van der Waals surface area contributed by atoms with Crippen molar-refractivity contribution >= 4 is 0 Å². The first kappa shape index (κ1) is 7.98. The predicted molar refractivity (Wildman–Crippen MR) is 38.9 cm³/mol. The molecule has 1 aliphatic heterocycles. The van der Waals surface area contributed by atoms with Crippen LogP contribution in [0.4, 0.5) is 0 Å². The monoisotopic (exact) mass is 145 g/mol. The summed E-state index contributed by atoms with van der Waals surface area (Å²) in [6.07, 6.45) is 1.58. The predicted octanol–water partition coefficient (Wildman–Crippen LogP) is -0.254. The molecule has 1 fully saturated rings. The van der Waals surface area contributed by atoms with Gasteiger partial charge in [0.1, 0.15) is 0 Å². The van der Waals surface area contributed by atoms with Crippen molar-refractivity contribution in [3.63, 3.8) is 0 Å². The first-order chi connectivity index (χ1) is 4.83. The molecule has 10 heavy (non-hydrogen) atoms. The second-order valence-electron chi connectivity index (χ2n) is 2.78. The molecule has 0 amide bonds. The highest BCUT2D eigenvalue weighted by molar-refractivity contribution is 4.76. The summed E-state index contributed by atoms with van der Waals surface area (Å²) >= 11 is 0. The molecule has 3 nitrogen and oxygen atoms in total. The quantitative estimate of drug-likeness (QED) is 0.563. The van der Waals surface area contributed by atoms with Crippen molar-refractivity contribution in [1.82, 2.24) is 5.32 Å². The van der Waals surface area contributed by atoms with E-state index in [2.05, 4.69) is 5.32 Å². The van der Waals surface area contributed by atoms with Gasteiger partial charge >= 0.3 is 0 Å². The second kappa shape index (κ2) is 3.91. The number of hydrogen-bond acceptors (Lipinski definition) is 3. The van der Waals surface area contributed by atoms with E-state index in [1.165, 1.54) is 0 Å². The van der Waals surface area contributed by atoms with E-state index in [1.54, 1.807) is 7.11 Å². The molecule has 0 aromatic carbocycles. The minimum absolute atomic E-state index is 0.124. The van der Waals surface area contributed by atoms with Gasteiger partial charge in [-0.15, -0.1) is 0 Å². The summed E-state index contributed by atoms with van der Waals surface area (Å²) in [6.45, 7) is 1.62. The van der Waals surface area contributed by atoms with Crippen molar-refractivity contribution in [2.24, 2.45) is 0 Å². The average molecular weight is 145 g/mol. The van der Waals surface area contributed by atoms with Gasteiger partial charge in [0.15, 0.2) is 0 Å². The van der Waals surface area contributed by atoms with E-state index < -0.39 is 0 Å². The van der Waals surface area contributed by atoms with Crippen LogP contribution in [-0.2, 0) is 4.74 Å². The molecule has 1 saturated heterocycles. The number of aliphatic hydroxyl groups is 1. The van der Waals surface area contributed by atoms with Gasteiger partial charge < -0.3 is 15.2 Å². The molecule has 0 aromatic heterocycles. The Labute approximate surface area is 61.4 Å². The summed E-state index contributed by atoms with van der Waals surface area (Å²) in [6, 6.07) is 0.355. The van der Waals surface area contributed by atoms with Crippen LogP contribution >= 0.6 is 0 Å². The van der Waals surface area contributed by atoms with E-state index in [0.717, 1.165) is 19.4 Å². The summed E-state index contributed by atoms with van der Waals surface area (Å²) in [5.74, 6) is 0. The molecule has 1 aliphatic rings. The van der Waals surface area contributed by atoms with E-state index >= 15 is 0 Å². The van der Waals surface area contributed by atoms with E-state index in [0.29, 0.717) is 12.6 Å². The Morgan fingerprint density at radius 2 is 2.50 bits per heavy atom. The van der Waals surface area contributed by atoms with Crippen molar-refractivity contribution in [3.8, 4) is 0 Å². The van der Waals surface area contributed by atoms with Crippen molar-refractivity contribution in [3.05, 3.63) is 0 Å². The normalized spacial score (nSPS) is 34.2. The lowest BCUT2D eigenvalue weighted by Crippen LogP contribution is -2.42. The van der Waals surface area contributed by atoms with Crippen LogP contribution in [0.1, 0.15) is 12.8 Å². The third-order valence-corrected chi connectivity index (χ3v) is 1.84. The van der Waals surface area contributed by atoms with Crippen LogP contribution in [0.15, 0.2) is 0 Å². The maximum atomic E-state index is 9.21. The van der Waals surface area contributed by atoms with Crippen LogP contribution in [0.5, 0.6) is 0 Å². The van der Waals surface area contributed by atoms with Gasteiger partial charge in [-0.25, -0.2) is 0 Å². The SMILES string of the molecule is COCC1CC(O)CCN1. The van der Waals surface area contributed by atoms with Crippen molar-refractivity contribution in [2.45, 2.75) is 25.0 Å². The van der Waals surface area contributed by atoms with E-state index in [4.69, 9.17) is 4.74 Å². The fourth-order valence-corrected chi connectivity index (χ4v) is 1.31. The third-order valence-electron chi connectivity index (χ3n) is 1.84. The van der Waals surface area contributed by atoms with Crippen LogP contribution in [0, 0.1) is 0 Å². The molecular weight excluding hydrogens is 130 g/mol. The van der Waals surface area contributed by atoms with Crippen molar-refractivity contribution in [2.75, 3.05) is 20.3 Å². The maximum absolute atomic E-state index is 9.21. The first-order valence-corrected chi connectivity index (χ1v) is 3.73. The van der Waals surface area contributed by atoms with Crippen molar-refractivity contribution < 1.29 is 9.84 Å². The number of ether oxygens (including phenoxy) is 1. The van der Waals surface area contributed by atoms with Crippen LogP contribution in [-0.4, -0.2) is 37.5 Å². The molecule has 0 aromatic rings. The molecule has 2 unspecified atom stereocenters. The molecule has 0 radical (unpaired) electrons. The molecule has 2 N–H and O–H groups in total. The molecule has 0 bridgehead atoms. The van der Waals surface area contributed by atoms with Gasteiger partial charge in [0, 0.05) is 13.2 Å². The lowest BCUT2D eigenvalue weighted by molar-refractivity contribution is 0.0812. The smallest absolute Gasteiger partial charge is 0.0616 e. The fourth-order valence-electron chi connectivity index (χ4n) is 1.31. The highest BCUT2D eigenvalue weighted by Gasteiger charge is 2.18. The third kappa shape index (κ3) is 2.25. The van der Waals surface area contributed by atoms with E-state index in [9.17, 15) is 5.11 Å². The Bertz CT molecular complexity index is 95.6. The van der Waals surface area contributed by atoms with Crippen LogP contribution in [0.2, 0.25) is 0 Å². The highest BCUT2D eigenvalue weighted by Crippen LogP contribution is 2.07. The number of methoxy groups -OCH3 is 1. The maximum Gasteiger partial charge on any atom is 0.0616 e. The van der Waals surface area contributed by atoms with E-state index in [-0.39, 0.29) is 6.10 Å². The zero-order valence-corrected chi connectivity index (χ0v) is 6.34. The van der Waals surface area contributed by atoms with Gasteiger partial charge in [0.25, 0.3) is 0 Å². The minimum atomic E-state index is -0.124. The highest BCUT2D eigenvalue weighted by atomic mass is 16.5. The van der Waals surface area contributed by atoms with Gasteiger partial charge in [0.05, 0.1) is 12.7 Å². The van der Waals surface area contributed by atoms with Gasteiger partial charge in [-0.1, -0.05) is 0 Å². The Hall–Kier alpha value is -0.120. The zero-order valence-electron chi connectivity index (χ0n) is 6.34. The number of aliphatic hydroxyl groups excluding tert-OH is 1. The summed E-state index contributed by atoms with van der Waals surface area (Å²) in [5, 5.41) is 12.5. The topological polar surface area (TPSA) is 41.5 Å². The number of hydrogen-bond donors (Lipinski definition) is 2. The van der Waals surface area contributed by atoms with Crippen LogP contribution in [0.3, 0.4) is 0 Å². The Kier molecular flexibility index (Phi) is 3.12. The van der Waals surface area contributed by atoms with Gasteiger partial charge in [0.2, 0.25) is 0 Å². The van der Waals surface area contributed by atoms with Crippen LogP contribution in [0.25, 0.3) is 0 Å².